The van der Waals surface area contributed by atoms with Crippen LogP contribution in [0.1, 0.15) is 5.56 Å². The fraction of sp³-hybridized carbons (Fsp3) is 0.125. The molecular formula is C24H24N2O4S. The highest BCUT2D eigenvalue weighted by molar-refractivity contribution is 7.92. The fourth-order valence-corrected chi connectivity index (χ4v) is 4.32. The molecule has 0 spiro atoms. The molecule has 0 radical (unpaired) electrons. The number of ether oxygens (including phenoxy) is 1. The van der Waals surface area contributed by atoms with Gasteiger partial charge in [0.1, 0.15) is 18.9 Å². The third-order valence-electron chi connectivity index (χ3n) is 4.43. The Morgan fingerprint density at radius 3 is 2.42 bits per heavy atom. The van der Waals surface area contributed by atoms with Gasteiger partial charge in [-0.15, -0.1) is 0 Å². The lowest BCUT2D eigenvalue weighted by molar-refractivity contribution is -0.114. The van der Waals surface area contributed by atoms with Crippen molar-refractivity contribution in [3.05, 3.63) is 97.1 Å². The minimum Gasteiger partial charge on any atom is -0.489 e. The number of anilines is 2. The third-order valence-corrected chi connectivity index (χ3v) is 6.21. The number of carbonyl (C=O) groups excluding carboxylic acids is 1. The number of benzene rings is 3. The van der Waals surface area contributed by atoms with Gasteiger partial charge in [0.15, 0.2) is 0 Å². The topological polar surface area (TPSA) is 75.7 Å². The molecule has 3 aromatic carbocycles. The van der Waals surface area contributed by atoms with Crippen LogP contribution in [0.2, 0.25) is 0 Å². The van der Waals surface area contributed by atoms with E-state index in [0.717, 1.165) is 9.87 Å². The first-order valence-corrected chi connectivity index (χ1v) is 11.1. The van der Waals surface area contributed by atoms with Crippen LogP contribution in [0.4, 0.5) is 11.4 Å². The molecule has 3 aromatic rings. The van der Waals surface area contributed by atoms with Gasteiger partial charge in [0.2, 0.25) is 5.91 Å². The first-order valence-electron chi connectivity index (χ1n) is 9.68. The van der Waals surface area contributed by atoms with Gasteiger partial charge in [-0.3, -0.25) is 9.10 Å². The summed E-state index contributed by atoms with van der Waals surface area (Å²) in [6, 6.07) is 22.0. The molecule has 0 saturated heterocycles. The van der Waals surface area contributed by atoms with Gasteiger partial charge in [-0.2, -0.15) is 0 Å². The number of rotatable bonds is 9. The number of nitrogens with zero attached hydrogens (tertiary/aromatic N) is 1. The summed E-state index contributed by atoms with van der Waals surface area (Å²) in [6.07, 6.45) is 1.62. The summed E-state index contributed by atoms with van der Waals surface area (Å²) < 4.78 is 33.2. The number of sulfonamides is 1. The van der Waals surface area contributed by atoms with E-state index in [1.54, 1.807) is 84.9 Å². The quantitative estimate of drug-likeness (QED) is 0.505. The molecule has 0 bridgehead atoms. The molecule has 0 aliphatic carbocycles. The average molecular weight is 437 g/mol. The molecular weight excluding hydrogens is 412 g/mol. The van der Waals surface area contributed by atoms with Crippen molar-refractivity contribution in [3.8, 4) is 5.75 Å². The van der Waals surface area contributed by atoms with E-state index in [2.05, 4.69) is 11.9 Å². The highest BCUT2D eigenvalue weighted by Crippen LogP contribution is 2.24. The van der Waals surface area contributed by atoms with Crippen LogP contribution in [0.3, 0.4) is 0 Å². The molecule has 7 heteroatoms. The maximum atomic E-state index is 13.3. The monoisotopic (exact) mass is 436 g/mol. The molecule has 0 aliphatic heterocycles. The van der Waals surface area contributed by atoms with E-state index in [9.17, 15) is 13.2 Å². The Hall–Kier alpha value is -3.58. The summed E-state index contributed by atoms with van der Waals surface area (Å²) in [6.45, 7) is 5.45. The van der Waals surface area contributed by atoms with Crippen LogP contribution in [0.5, 0.6) is 5.75 Å². The smallest absolute Gasteiger partial charge is 0.264 e. The van der Waals surface area contributed by atoms with Crippen molar-refractivity contribution in [1.29, 1.82) is 0 Å². The van der Waals surface area contributed by atoms with Gasteiger partial charge in [0.25, 0.3) is 10.0 Å². The van der Waals surface area contributed by atoms with Gasteiger partial charge in [0, 0.05) is 11.8 Å². The number of nitrogens with one attached hydrogen (secondary N) is 1. The lowest BCUT2D eigenvalue weighted by Gasteiger charge is -2.24. The van der Waals surface area contributed by atoms with Gasteiger partial charge < -0.3 is 10.1 Å². The van der Waals surface area contributed by atoms with E-state index in [0.29, 0.717) is 23.7 Å². The zero-order valence-corrected chi connectivity index (χ0v) is 18.0. The van der Waals surface area contributed by atoms with Crippen LogP contribution in [0.15, 0.2) is 96.4 Å². The first-order chi connectivity index (χ1) is 14.9. The Kier molecular flexibility index (Phi) is 7.10. The van der Waals surface area contributed by atoms with E-state index in [-0.39, 0.29) is 11.4 Å². The standard InChI is InChI=1S/C24H24N2O4S/c1-3-16-30-22-11-7-8-20(17-22)25-24(27)18-26(21-9-5-4-6-10-21)31(28,29)23-14-12-19(2)13-15-23/h3-15,17H,1,16,18H2,2H3,(H,25,27). The number of aryl methyl sites for hydroxylation is 1. The van der Waals surface area contributed by atoms with Crippen LogP contribution in [-0.2, 0) is 14.8 Å². The van der Waals surface area contributed by atoms with Gasteiger partial charge in [-0.25, -0.2) is 8.42 Å². The average Bonchev–Trinajstić information content (AvgIpc) is 2.77. The van der Waals surface area contributed by atoms with Gasteiger partial charge in [-0.1, -0.05) is 54.6 Å². The Balaban J connectivity index is 1.85. The van der Waals surface area contributed by atoms with Gasteiger partial charge in [0.05, 0.1) is 10.6 Å². The maximum absolute atomic E-state index is 13.3. The third kappa shape index (κ3) is 5.73. The molecule has 0 aromatic heterocycles. The van der Waals surface area contributed by atoms with Crippen molar-refractivity contribution in [2.24, 2.45) is 0 Å². The van der Waals surface area contributed by atoms with Crippen molar-refractivity contribution in [1.82, 2.24) is 0 Å². The van der Waals surface area contributed by atoms with E-state index in [1.165, 1.54) is 0 Å². The molecule has 1 amide bonds. The molecule has 160 valence electrons. The van der Waals surface area contributed by atoms with Crippen LogP contribution in [0.25, 0.3) is 0 Å². The molecule has 3 rings (SSSR count). The second-order valence-corrected chi connectivity index (χ2v) is 8.70. The van der Waals surface area contributed by atoms with Crippen LogP contribution >= 0.6 is 0 Å². The molecule has 31 heavy (non-hydrogen) atoms. The van der Waals surface area contributed by atoms with E-state index >= 15 is 0 Å². The minimum atomic E-state index is -3.94. The largest absolute Gasteiger partial charge is 0.489 e. The Morgan fingerprint density at radius 1 is 1.03 bits per heavy atom. The molecule has 0 heterocycles. The number of para-hydroxylation sites is 1. The van der Waals surface area contributed by atoms with Crippen LogP contribution < -0.4 is 14.4 Å². The van der Waals surface area contributed by atoms with Crippen LogP contribution in [-0.4, -0.2) is 27.5 Å². The summed E-state index contributed by atoms with van der Waals surface area (Å²) in [4.78, 5) is 12.9. The van der Waals surface area contributed by atoms with Crippen LogP contribution in [0, 0.1) is 6.92 Å². The summed E-state index contributed by atoms with van der Waals surface area (Å²) in [7, 11) is -3.94. The van der Waals surface area contributed by atoms with E-state index < -0.39 is 15.9 Å². The van der Waals surface area contributed by atoms with Crippen molar-refractivity contribution >= 4 is 27.3 Å². The minimum absolute atomic E-state index is 0.120. The molecule has 0 unspecified atom stereocenters. The SMILES string of the molecule is C=CCOc1cccc(NC(=O)CN(c2ccccc2)S(=O)(=O)c2ccc(C)cc2)c1. The normalized spacial score (nSPS) is 10.9. The first kappa shape index (κ1) is 22.1. The fourth-order valence-electron chi connectivity index (χ4n) is 2.90. The molecule has 0 atom stereocenters. The van der Waals surface area contributed by atoms with Crippen molar-refractivity contribution in [2.45, 2.75) is 11.8 Å². The number of hydrogen-bond donors (Lipinski definition) is 1. The summed E-state index contributed by atoms with van der Waals surface area (Å²) in [5, 5.41) is 2.74. The van der Waals surface area contributed by atoms with Crippen molar-refractivity contribution in [3.63, 3.8) is 0 Å². The van der Waals surface area contributed by atoms with E-state index in [1.807, 2.05) is 6.92 Å². The predicted molar refractivity (Wildman–Crippen MR) is 123 cm³/mol. The number of hydrogen-bond acceptors (Lipinski definition) is 4. The Morgan fingerprint density at radius 2 is 1.74 bits per heavy atom. The van der Waals surface area contributed by atoms with E-state index in [4.69, 9.17) is 4.74 Å². The lowest BCUT2D eigenvalue weighted by atomic mass is 10.2. The number of amides is 1. The highest BCUT2D eigenvalue weighted by atomic mass is 32.2. The zero-order chi connectivity index (χ0) is 22.3. The van der Waals surface area contributed by atoms with Crippen molar-refractivity contribution < 1.29 is 17.9 Å². The molecule has 1 N–H and O–H groups in total. The summed E-state index contributed by atoms with van der Waals surface area (Å²) in [5.41, 5.74) is 1.86. The highest BCUT2D eigenvalue weighted by Gasteiger charge is 2.27. The summed E-state index contributed by atoms with van der Waals surface area (Å²) in [5.74, 6) is 0.102. The van der Waals surface area contributed by atoms with Crippen molar-refractivity contribution in [2.75, 3.05) is 22.8 Å². The second kappa shape index (κ2) is 9.95. The van der Waals surface area contributed by atoms with Gasteiger partial charge in [-0.05, 0) is 43.3 Å². The number of carbonyl (C=O) groups is 1. The zero-order valence-electron chi connectivity index (χ0n) is 17.2. The lowest BCUT2D eigenvalue weighted by Crippen LogP contribution is -2.38. The van der Waals surface area contributed by atoms with Gasteiger partial charge >= 0.3 is 0 Å². The maximum Gasteiger partial charge on any atom is 0.264 e. The summed E-state index contributed by atoms with van der Waals surface area (Å²) >= 11 is 0. The predicted octanol–water partition coefficient (Wildman–Crippen LogP) is 4.39. The molecule has 0 saturated carbocycles. The molecule has 0 aliphatic rings. The Labute approximate surface area is 182 Å². The molecule has 0 fully saturated rings. The molecule has 6 nitrogen and oxygen atoms in total. The second-order valence-electron chi connectivity index (χ2n) is 6.84. The Bertz CT molecular complexity index is 1140.